The summed E-state index contributed by atoms with van der Waals surface area (Å²) in [5.74, 6) is 1.08. The van der Waals surface area contributed by atoms with E-state index in [1.54, 1.807) is 0 Å². The minimum absolute atomic E-state index is 0.0156. The molecular weight excluding hydrogens is 598 g/mol. The van der Waals surface area contributed by atoms with E-state index in [9.17, 15) is 19.8 Å². The number of hydrogen-bond donors (Lipinski definition) is 3. The Kier molecular flexibility index (Phi) is 7.06. The van der Waals surface area contributed by atoms with Crippen LogP contribution < -0.4 is 5.69 Å². The number of para-hydroxylation sites is 2. The molecule has 10 rings (SSSR count). The summed E-state index contributed by atoms with van der Waals surface area (Å²) in [6.07, 6.45) is 20.6. The average Bonchev–Trinajstić information content (AvgIpc) is 3.57. The van der Waals surface area contributed by atoms with Gasteiger partial charge in [-0.1, -0.05) is 63.5 Å². The normalized spacial score (nSPS) is 43.2. The van der Waals surface area contributed by atoms with E-state index in [4.69, 9.17) is 0 Å². The number of nitrogens with zero attached hydrogens (tertiary/aromatic N) is 2. The first kappa shape index (κ1) is 31.5. The summed E-state index contributed by atoms with van der Waals surface area (Å²) in [6.45, 7) is 7.23. The van der Waals surface area contributed by atoms with E-state index in [2.05, 4.69) is 42.0 Å². The predicted octanol–water partition coefficient (Wildman–Crippen LogP) is 6.71. The van der Waals surface area contributed by atoms with Gasteiger partial charge in [0.25, 0.3) is 0 Å². The number of imidazole rings is 1. The highest BCUT2D eigenvalue weighted by Gasteiger charge is 2.74. The second-order valence-electron chi connectivity index (χ2n) is 17.8. The van der Waals surface area contributed by atoms with Gasteiger partial charge in [-0.15, -0.1) is 0 Å². The molecule has 7 heteroatoms. The van der Waals surface area contributed by atoms with Gasteiger partial charge in [-0.25, -0.2) is 4.79 Å². The third-order valence-electron chi connectivity index (χ3n) is 16.0. The number of piperidine rings is 1. The number of aromatic nitrogens is 2. The first-order valence-electron chi connectivity index (χ1n) is 19.3. The van der Waals surface area contributed by atoms with E-state index in [1.807, 2.05) is 28.8 Å². The van der Waals surface area contributed by atoms with Crippen molar-refractivity contribution in [2.75, 3.05) is 19.6 Å². The quantitative estimate of drug-likeness (QED) is 0.312. The summed E-state index contributed by atoms with van der Waals surface area (Å²) in [7, 11) is 0. The standard InChI is InChI=1S/C41H55N3O4/c1-37-17-12-29(45)24-39(37)20-21-41(30(25-39)35(46)27-8-4-3-5-9-27)33(37)13-18-38(2)34(41)14-19-40(38,48)26-43-22-15-28(16-23-43)44-32-11-7-6-10-31(32)42-36(44)47/h6-7,10-11,20-21,25,27-29,33-34,45,48H,3-5,8-9,12-19,22-24,26H2,1-2H3,(H,42,47). The lowest BCUT2D eigenvalue weighted by molar-refractivity contribution is -0.180. The lowest BCUT2D eigenvalue weighted by Crippen LogP contribution is -2.67. The van der Waals surface area contributed by atoms with Crippen molar-refractivity contribution in [2.24, 2.45) is 39.4 Å². The van der Waals surface area contributed by atoms with Gasteiger partial charge in [0.2, 0.25) is 0 Å². The number of fused-ring (bicyclic) bond motifs is 2. The number of ketones is 1. The molecule has 8 atom stereocenters. The van der Waals surface area contributed by atoms with Crippen LogP contribution in [0.3, 0.4) is 0 Å². The van der Waals surface area contributed by atoms with Crippen LogP contribution in [0.5, 0.6) is 0 Å². The number of likely N-dealkylation sites (tertiary alicyclic amines) is 1. The van der Waals surface area contributed by atoms with Gasteiger partial charge in [-0.05, 0) is 100 Å². The summed E-state index contributed by atoms with van der Waals surface area (Å²) in [6, 6.07) is 8.12. The maximum absolute atomic E-state index is 14.8. The molecule has 0 amide bonds. The van der Waals surface area contributed by atoms with Gasteiger partial charge in [-0.3, -0.25) is 9.36 Å². The maximum Gasteiger partial charge on any atom is 0.326 e. The van der Waals surface area contributed by atoms with E-state index in [-0.39, 0.29) is 51.3 Å². The largest absolute Gasteiger partial charge is 0.393 e. The monoisotopic (exact) mass is 653 g/mol. The van der Waals surface area contributed by atoms with Gasteiger partial charge in [0.1, 0.15) is 0 Å². The van der Waals surface area contributed by atoms with Crippen LogP contribution in [0, 0.1) is 39.4 Å². The number of hydrogen-bond acceptors (Lipinski definition) is 5. The van der Waals surface area contributed by atoms with E-state index in [0.29, 0.717) is 18.2 Å². The molecule has 48 heavy (non-hydrogen) atoms. The number of aliphatic hydroxyl groups is 2. The number of aromatic amines is 1. The van der Waals surface area contributed by atoms with Crippen molar-refractivity contribution in [3.05, 3.63) is 58.6 Å². The first-order chi connectivity index (χ1) is 23.0. The molecule has 0 radical (unpaired) electrons. The molecule has 1 aliphatic heterocycles. The molecule has 2 aromatic rings. The zero-order valence-corrected chi connectivity index (χ0v) is 29.1. The molecule has 7 aliphatic carbocycles. The lowest BCUT2D eigenvalue weighted by atomic mass is 9.32. The number of carbonyl (C=O) groups excluding carboxylic acids is 1. The number of allylic oxidation sites excluding steroid dienone is 4. The highest BCUT2D eigenvalue weighted by Crippen LogP contribution is 2.78. The fourth-order valence-corrected chi connectivity index (χ4v) is 13.3. The van der Waals surface area contributed by atoms with Crippen LogP contribution in [0.1, 0.15) is 110 Å². The molecule has 1 aromatic carbocycles. The molecule has 8 unspecified atom stereocenters. The van der Waals surface area contributed by atoms with Crippen molar-refractivity contribution < 1.29 is 15.0 Å². The Hall–Kier alpha value is -2.48. The second kappa shape index (κ2) is 10.8. The molecule has 7 nitrogen and oxygen atoms in total. The number of aliphatic hydroxyl groups excluding tert-OH is 1. The van der Waals surface area contributed by atoms with Crippen LogP contribution in [0.4, 0.5) is 0 Å². The summed E-state index contributed by atoms with van der Waals surface area (Å²) in [4.78, 5) is 33.2. The fraction of sp³-hybridized carbons (Fsp3) is 0.707. The number of Topliss-reactive ketones (excluding diaryl/α,β-unsaturated/α-hetero) is 1. The minimum Gasteiger partial charge on any atom is -0.393 e. The third kappa shape index (κ3) is 4.10. The van der Waals surface area contributed by atoms with Gasteiger partial charge >= 0.3 is 5.69 Å². The topological polar surface area (TPSA) is 98.6 Å². The number of benzene rings is 1. The zero-order chi connectivity index (χ0) is 33.1. The van der Waals surface area contributed by atoms with Gasteiger partial charge in [0.15, 0.2) is 5.78 Å². The Bertz CT molecular complexity index is 1740. The van der Waals surface area contributed by atoms with Crippen molar-refractivity contribution >= 4 is 16.8 Å². The van der Waals surface area contributed by atoms with Crippen LogP contribution in [-0.4, -0.2) is 61.8 Å². The van der Waals surface area contributed by atoms with Crippen molar-refractivity contribution in [3.8, 4) is 0 Å². The van der Waals surface area contributed by atoms with Gasteiger partial charge in [0.05, 0.1) is 22.7 Å². The lowest BCUT2D eigenvalue weighted by Gasteiger charge is -2.71. The minimum atomic E-state index is -0.829. The van der Waals surface area contributed by atoms with E-state index >= 15 is 0 Å². The van der Waals surface area contributed by atoms with Gasteiger partial charge in [-0.2, -0.15) is 0 Å². The van der Waals surface area contributed by atoms with Crippen molar-refractivity contribution in [3.63, 3.8) is 0 Å². The Morgan fingerprint density at radius 3 is 2.40 bits per heavy atom. The van der Waals surface area contributed by atoms with Crippen LogP contribution in [-0.2, 0) is 4.79 Å². The van der Waals surface area contributed by atoms with E-state index in [1.165, 1.54) is 6.42 Å². The second-order valence-corrected chi connectivity index (χ2v) is 17.8. The van der Waals surface area contributed by atoms with Crippen LogP contribution >= 0.6 is 0 Å². The highest BCUT2D eigenvalue weighted by atomic mass is 16.3. The molecule has 258 valence electrons. The van der Waals surface area contributed by atoms with Gasteiger partial charge < -0.3 is 20.1 Å². The Balaban J connectivity index is 1.02. The number of carbonyl (C=O) groups is 1. The van der Waals surface area contributed by atoms with E-state index < -0.39 is 5.60 Å². The zero-order valence-electron chi connectivity index (χ0n) is 29.1. The molecule has 8 aliphatic rings. The predicted molar refractivity (Wildman–Crippen MR) is 187 cm³/mol. The Labute approximate surface area is 284 Å². The Morgan fingerprint density at radius 2 is 1.60 bits per heavy atom. The fourth-order valence-electron chi connectivity index (χ4n) is 13.3. The molecule has 2 spiro atoms. The van der Waals surface area contributed by atoms with Crippen molar-refractivity contribution in [1.82, 2.24) is 14.5 Å². The smallest absolute Gasteiger partial charge is 0.326 e. The number of rotatable bonds is 5. The summed E-state index contributed by atoms with van der Waals surface area (Å²) < 4.78 is 1.95. The van der Waals surface area contributed by atoms with Crippen molar-refractivity contribution in [2.45, 2.75) is 121 Å². The molecule has 2 bridgehead atoms. The molecule has 3 N–H and O–H groups in total. The average molecular weight is 654 g/mol. The number of H-pyrrole nitrogens is 1. The van der Waals surface area contributed by atoms with Crippen molar-refractivity contribution in [1.29, 1.82) is 0 Å². The summed E-state index contributed by atoms with van der Waals surface area (Å²) >= 11 is 0. The summed E-state index contributed by atoms with van der Waals surface area (Å²) in [5.41, 5.74) is 1.21. The van der Waals surface area contributed by atoms with Gasteiger partial charge in [0, 0.05) is 53.4 Å². The maximum atomic E-state index is 14.8. The molecule has 5 fully saturated rings. The van der Waals surface area contributed by atoms with E-state index in [0.717, 1.165) is 113 Å². The van der Waals surface area contributed by atoms with Crippen LogP contribution in [0.25, 0.3) is 11.0 Å². The number of β-amino-alcohol motifs (C(OH)–C–C–N with tert-alkyl or cyclic N) is 1. The van der Waals surface area contributed by atoms with Crippen LogP contribution in [0.15, 0.2) is 52.9 Å². The highest BCUT2D eigenvalue weighted by molar-refractivity contribution is 6.00. The Morgan fingerprint density at radius 1 is 0.896 bits per heavy atom. The molecular formula is C41H55N3O4. The van der Waals surface area contributed by atoms with Crippen LogP contribution in [0.2, 0.25) is 0 Å². The third-order valence-corrected chi connectivity index (χ3v) is 16.0. The first-order valence-corrected chi connectivity index (χ1v) is 19.3. The summed E-state index contributed by atoms with van der Waals surface area (Å²) in [5, 5.41) is 23.9. The molecule has 4 saturated carbocycles. The number of nitrogens with one attached hydrogen (secondary N) is 1. The molecule has 1 saturated heterocycles. The SMILES string of the molecule is CC12CCC(O)CC13C=CC1(C(C(=O)C4CCCCC4)=C3)C2CCC2(C)C1CCC2(O)CN1CCC(n2c(=O)[nH]c3ccccc32)CC1. The molecule has 1 aromatic heterocycles. The molecule has 2 heterocycles.